The fourth-order valence-corrected chi connectivity index (χ4v) is 2.21. The second kappa shape index (κ2) is 2.31. The van der Waals surface area contributed by atoms with Gasteiger partial charge in [-0.3, -0.25) is 0 Å². The Labute approximate surface area is 54.5 Å². The lowest BCUT2D eigenvalue weighted by Crippen LogP contribution is -2.28. The van der Waals surface area contributed by atoms with Crippen molar-refractivity contribution in [3.63, 3.8) is 0 Å². The van der Waals surface area contributed by atoms with Crippen LogP contribution in [0.5, 0.6) is 0 Å². The summed E-state index contributed by atoms with van der Waals surface area (Å²) in [5.74, 6) is 0. The van der Waals surface area contributed by atoms with Gasteiger partial charge in [-0.15, -0.1) is 0 Å². The largest absolute Gasteiger partial charge is 0.175 e. The van der Waals surface area contributed by atoms with Gasteiger partial charge in [-0.1, -0.05) is 0 Å². The van der Waals surface area contributed by atoms with Gasteiger partial charge in [0.25, 0.3) is 0 Å². The predicted molar refractivity (Wildman–Crippen MR) is 39.3 cm³/mol. The van der Waals surface area contributed by atoms with Gasteiger partial charge >= 0.3 is 0 Å². The Bertz CT molecular complexity index is 61.1. The Morgan fingerprint density at radius 3 is 2.29 bits per heavy atom. The van der Waals surface area contributed by atoms with Crippen LogP contribution in [0.4, 0.5) is 0 Å². The molecule has 1 aliphatic carbocycles. The summed E-state index contributed by atoms with van der Waals surface area (Å²) < 4.78 is 0. The highest BCUT2D eigenvalue weighted by atomic mass is 32.2. The topological polar surface area (TPSA) is 0 Å². The van der Waals surface area contributed by atoms with Gasteiger partial charge in [0.15, 0.2) is 0 Å². The summed E-state index contributed by atoms with van der Waals surface area (Å²) in [5.41, 5.74) is 0. The molecule has 2 heteroatoms. The van der Waals surface area contributed by atoms with Gasteiger partial charge in [0.05, 0.1) is 0 Å². The minimum absolute atomic E-state index is 0.704. The van der Waals surface area contributed by atoms with Crippen molar-refractivity contribution in [3.05, 3.63) is 0 Å². The van der Waals surface area contributed by atoms with Crippen LogP contribution in [-0.4, -0.2) is 16.8 Å². The Balaban J connectivity index is 2.16. The van der Waals surface area contributed by atoms with Crippen LogP contribution in [0.15, 0.2) is 0 Å². The highest BCUT2D eigenvalue weighted by Gasteiger charge is 2.25. The van der Waals surface area contributed by atoms with E-state index < -0.39 is 0 Å². The van der Waals surface area contributed by atoms with Gasteiger partial charge in [0.1, 0.15) is 0 Å². The molecule has 1 saturated carbocycles. The zero-order valence-electron chi connectivity index (χ0n) is 4.42. The second-order valence-electron chi connectivity index (χ2n) is 1.92. The molecule has 0 radical (unpaired) electrons. The van der Waals surface area contributed by atoms with Crippen molar-refractivity contribution in [2.75, 3.05) is 6.26 Å². The summed E-state index contributed by atoms with van der Waals surface area (Å²) in [6.07, 6.45) is 4.87. The fraction of sp³-hybridized carbons (Fsp3) is 1.00. The van der Waals surface area contributed by atoms with E-state index in [9.17, 15) is 0 Å². The Morgan fingerprint density at radius 1 is 1.57 bits per heavy atom. The molecule has 0 spiro atoms. The fourth-order valence-electron chi connectivity index (χ4n) is 0.727. The number of thiol groups is 1. The first kappa shape index (κ1) is 5.83. The third-order valence-corrected chi connectivity index (χ3v) is 3.47. The van der Waals surface area contributed by atoms with Crippen LogP contribution in [0, 0.1) is 0 Å². The van der Waals surface area contributed by atoms with Crippen molar-refractivity contribution in [2.24, 2.45) is 0 Å². The zero-order chi connectivity index (χ0) is 5.28. The van der Waals surface area contributed by atoms with Crippen molar-refractivity contribution in [1.29, 1.82) is 0 Å². The first-order chi connectivity index (χ1) is 3.34. The van der Waals surface area contributed by atoms with Gasteiger partial charge in [-0.05, 0) is 19.1 Å². The lowest BCUT2D eigenvalue weighted by atomic mass is 9.99. The lowest BCUT2D eigenvalue weighted by Gasteiger charge is -2.30. The summed E-state index contributed by atoms with van der Waals surface area (Å²) >= 11 is 6.28. The third-order valence-electron chi connectivity index (χ3n) is 1.48. The number of rotatable bonds is 1. The molecular weight excluding hydrogens is 124 g/mol. The molecule has 0 heterocycles. The van der Waals surface area contributed by atoms with E-state index in [1.807, 2.05) is 11.8 Å². The molecule has 0 saturated heterocycles. The molecule has 0 nitrogen and oxygen atoms in total. The van der Waals surface area contributed by atoms with Crippen LogP contribution in [0.3, 0.4) is 0 Å². The molecule has 0 aromatic heterocycles. The van der Waals surface area contributed by atoms with E-state index in [4.69, 9.17) is 0 Å². The quantitative estimate of drug-likeness (QED) is 0.534. The van der Waals surface area contributed by atoms with Crippen LogP contribution in [-0.2, 0) is 0 Å². The minimum atomic E-state index is 0.704. The molecule has 2 atom stereocenters. The molecule has 0 aromatic rings. The summed E-state index contributed by atoms with van der Waals surface area (Å²) in [7, 11) is 0. The van der Waals surface area contributed by atoms with Crippen LogP contribution in [0.2, 0.25) is 0 Å². The highest BCUT2D eigenvalue weighted by molar-refractivity contribution is 8.00. The molecule has 0 aromatic carbocycles. The Morgan fingerprint density at radius 2 is 2.29 bits per heavy atom. The molecule has 1 rings (SSSR count). The van der Waals surface area contributed by atoms with Crippen molar-refractivity contribution in [3.8, 4) is 0 Å². The van der Waals surface area contributed by atoms with E-state index in [-0.39, 0.29) is 0 Å². The summed E-state index contributed by atoms with van der Waals surface area (Å²) in [6.45, 7) is 0. The van der Waals surface area contributed by atoms with Crippen molar-refractivity contribution >= 4 is 24.4 Å². The molecule has 1 fully saturated rings. The molecule has 0 aliphatic heterocycles. The maximum absolute atomic E-state index is 4.34. The molecule has 0 amide bonds. The average molecular weight is 134 g/mol. The van der Waals surface area contributed by atoms with Crippen LogP contribution in [0.25, 0.3) is 0 Å². The number of hydrogen-bond acceptors (Lipinski definition) is 2. The SMILES string of the molecule is CSC1CCC1S. The standard InChI is InChI=1S/C5H10S2/c1-7-5-3-2-4(5)6/h4-6H,2-3H2,1H3. The average Bonchev–Trinajstić information content (AvgIpc) is 1.65. The third kappa shape index (κ3) is 1.08. The van der Waals surface area contributed by atoms with Crippen molar-refractivity contribution < 1.29 is 0 Å². The van der Waals surface area contributed by atoms with Crippen LogP contribution >= 0.6 is 24.4 Å². The predicted octanol–water partition coefficient (Wildman–Crippen LogP) is 1.81. The summed E-state index contributed by atoms with van der Waals surface area (Å²) in [6, 6.07) is 0. The lowest BCUT2D eigenvalue weighted by molar-refractivity contribution is 0.544. The molecule has 2 unspecified atom stereocenters. The zero-order valence-corrected chi connectivity index (χ0v) is 6.14. The van der Waals surface area contributed by atoms with E-state index in [0.717, 1.165) is 5.25 Å². The van der Waals surface area contributed by atoms with E-state index in [2.05, 4.69) is 18.9 Å². The van der Waals surface area contributed by atoms with Crippen LogP contribution in [0.1, 0.15) is 12.8 Å². The van der Waals surface area contributed by atoms with E-state index in [1.165, 1.54) is 12.8 Å². The van der Waals surface area contributed by atoms with E-state index in [0.29, 0.717) is 5.25 Å². The first-order valence-corrected chi connectivity index (χ1v) is 4.36. The number of thioether (sulfide) groups is 1. The molecule has 7 heavy (non-hydrogen) atoms. The highest BCUT2D eigenvalue weighted by Crippen LogP contribution is 2.33. The maximum atomic E-state index is 4.34. The Kier molecular flexibility index (Phi) is 1.93. The monoisotopic (exact) mass is 134 g/mol. The molecule has 0 N–H and O–H groups in total. The summed E-state index contributed by atoms with van der Waals surface area (Å²) in [4.78, 5) is 0. The van der Waals surface area contributed by atoms with E-state index in [1.54, 1.807) is 0 Å². The van der Waals surface area contributed by atoms with Gasteiger partial charge in [-0.2, -0.15) is 24.4 Å². The molecule has 0 bridgehead atoms. The number of hydrogen-bond donors (Lipinski definition) is 1. The van der Waals surface area contributed by atoms with Gasteiger partial charge in [-0.25, -0.2) is 0 Å². The Hall–Kier alpha value is 0.700. The second-order valence-corrected chi connectivity index (χ2v) is 3.66. The van der Waals surface area contributed by atoms with Gasteiger partial charge < -0.3 is 0 Å². The molecule has 42 valence electrons. The summed E-state index contributed by atoms with van der Waals surface area (Å²) in [5, 5.41) is 1.57. The van der Waals surface area contributed by atoms with Gasteiger partial charge in [0, 0.05) is 10.5 Å². The van der Waals surface area contributed by atoms with Crippen molar-refractivity contribution in [1.82, 2.24) is 0 Å². The molecular formula is C5H10S2. The van der Waals surface area contributed by atoms with Crippen molar-refractivity contribution in [2.45, 2.75) is 23.3 Å². The normalized spacial score (nSPS) is 40.3. The minimum Gasteiger partial charge on any atom is -0.175 e. The van der Waals surface area contributed by atoms with Gasteiger partial charge in [0.2, 0.25) is 0 Å². The first-order valence-electron chi connectivity index (χ1n) is 2.55. The van der Waals surface area contributed by atoms with E-state index >= 15 is 0 Å². The smallest absolute Gasteiger partial charge is 0.0161 e. The van der Waals surface area contributed by atoms with Crippen LogP contribution < -0.4 is 0 Å². The molecule has 1 aliphatic rings. The maximum Gasteiger partial charge on any atom is 0.0161 e.